The highest BCUT2D eigenvalue weighted by Gasteiger charge is 2.06. The van der Waals surface area contributed by atoms with Crippen molar-refractivity contribution < 1.29 is 0 Å². The van der Waals surface area contributed by atoms with Crippen molar-refractivity contribution in [1.82, 2.24) is 4.98 Å². The van der Waals surface area contributed by atoms with Gasteiger partial charge in [-0.25, -0.2) is 4.98 Å². The third-order valence-electron chi connectivity index (χ3n) is 2.86. The normalized spacial score (nSPS) is 10.7. The lowest BCUT2D eigenvalue weighted by molar-refractivity contribution is 1.02. The van der Waals surface area contributed by atoms with E-state index in [1.54, 1.807) is 22.7 Å². The molecule has 5 heteroatoms. The first kappa shape index (κ1) is 13.8. The van der Waals surface area contributed by atoms with Gasteiger partial charge in [0.2, 0.25) is 0 Å². The Morgan fingerprint density at radius 2 is 1.95 bits per heavy atom. The quantitative estimate of drug-likeness (QED) is 0.665. The van der Waals surface area contributed by atoms with Crippen LogP contribution in [0.15, 0.2) is 51.6 Å². The van der Waals surface area contributed by atoms with Gasteiger partial charge in [-0.1, -0.05) is 30.3 Å². The first-order valence-electron chi connectivity index (χ1n) is 6.30. The first-order chi connectivity index (χ1) is 9.81. The first-order valence-corrected chi connectivity index (χ1v) is 8.79. The summed E-state index contributed by atoms with van der Waals surface area (Å²) in [6, 6.07) is 14.6. The van der Waals surface area contributed by atoms with E-state index in [1.165, 1.54) is 10.4 Å². The van der Waals surface area contributed by atoms with Crippen molar-refractivity contribution in [2.45, 2.75) is 6.42 Å². The van der Waals surface area contributed by atoms with Crippen LogP contribution in [-0.2, 0) is 6.42 Å². The molecule has 0 bridgehead atoms. The molecule has 0 radical (unpaired) electrons. The predicted octanol–water partition coefficient (Wildman–Crippen LogP) is 5.29. The third-order valence-corrected chi connectivity index (χ3v) is 5.31. The molecule has 0 saturated carbocycles. The molecule has 1 N–H and O–H groups in total. The van der Waals surface area contributed by atoms with Crippen LogP contribution in [0.5, 0.6) is 0 Å². The molecule has 0 aliphatic heterocycles. The predicted molar refractivity (Wildman–Crippen MR) is 91.8 cm³/mol. The molecule has 0 saturated heterocycles. The van der Waals surface area contributed by atoms with Crippen LogP contribution in [0.3, 0.4) is 0 Å². The number of nitrogens with one attached hydrogen (secondary N) is 1. The van der Waals surface area contributed by atoms with Crippen LogP contribution in [0.25, 0.3) is 10.6 Å². The number of benzene rings is 1. The summed E-state index contributed by atoms with van der Waals surface area (Å²) in [5.74, 6) is 0. The molecule has 3 aromatic rings. The van der Waals surface area contributed by atoms with Gasteiger partial charge in [-0.15, -0.1) is 22.7 Å². The van der Waals surface area contributed by atoms with E-state index in [-0.39, 0.29) is 0 Å². The zero-order valence-electron chi connectivity index (χ0n) is 10.7. The van der Waals surface area contributed by atoms with Gasteiger partial charge in [0, 0.05) is 11.9 Å². The monoisotopic (exact) mass is 364 g/mol. The van der Waals surface area contributed by atoms with Crippen LogP contribution >= 0.6 is 38.6 Å². The maximum absolute atomic E-state index is 4.62. The van der Waals surface area contributed by atoms with Gasteiger partial charge in [0.1, 0.15) is 0 Å². The summed E-state index contributed by atoms with van der Waals surface area (Å²) in [7, 11) is 0. The van der Waals surface area contributed by atoms with Crippen molar-refractivity contribution in [3.63, 3.8) is 0 Å². The number of thiazole rings is 1. The van der Waals surface area contributed by atoms with E-state index < -0.39 is 0 Å². The zero-order valence-corrected chi connectivity index (χ0v) is 13.9. The van der Waals surface area contributed by atoms with Crippen LogP contribution in [0.4, 0.5) is 5.13 Å². The van der Waals surface area contributed by atoms with Gasteiger partial charge >= 0.3 is 0 Å². The second-order valence-electron chi connectivity index (χ2n) is 4.30. The Morgan fingerprint density at radius 3 is 2.70 bits per heavy atom. The summed E-state index contributed by atoms with van der Waals surface area (Å²) in [4.78, 5) is 5.82. The number of aromatic nitrogens is 1. The minimum atomic E-state index is 0.908. The molecule has 20 heavy (non-hydrogen) atoms. The van der Waals surface area contributed by atoms with E-state index in [1.807, 2.05) is 6.07 Å². The van der Waals surface area contributed by atoms with Crippen molar-refractivity contribution in [3.8, 4) is 10.6 Å². The number of halogens is 1. The van der Waals surface area contributed by atoms with Gasteiger partial charge in [0.05, 0.1) is 14.4 Å². The number of hydrogen-bond acceptors (Lipinski definition) is 4. The molecular formula is C15H13BrN2S2. The van der Waals surface area contributed by atoms with Crippen molar-refractivity contribution in [3.05, 3.63) is 57.2 Å². The number of nitrogens with zero attached hydrogens (tertiary/aromatic N) is 1. The number of rotatable bonds is 5. The highest BCUT2D eigenvalue weighted by molar-refractivity contribution is 9.11. The Hall–Kier alpha value is -1.17. The van der Waals surface area contributed by atoms with Crippen molar-refractivity contribution in [1.29, 1.82) is 0 Å². The van der Waals surface area contributed by atoms with E-state index >= 15 is 0 Å². The van der Waals surface area contributed by atoms with Gasteiger partial charge in [-0.2, -0.15) is 0 Å². The summed E-state index contributed by atoms with van der Waals surface area (Å²) < 4.78 is 1.14. The van der Waals surface area contributed by atoms with Crippen LogP contribution in [0.1, 0.15) is 5.56 Å². The van der Waals surface area contributed by atoms with Crippen LogP contribution in [-0.4, -0.2) is 11.5 Å². The Bertz CT molecular complexity index is 676. The second kappa shape index (κ2) is 6.52. The molecule has 1 aromatic carbocycles. The molecule has 0 atom stereocenters. The van der Waals surface area contributed by atoms with Crippen LogP contribution in [0.2, 0.25) is 0 Å². The van der Waals surface area contributed by atoms with E-state index in [2.05, 4.69) is 68.0 Å². The highest BCUT2D eigenvalue weighted by Crippen LogP contribution is 2.32. The zero-order chi connectivity index (χ0) is 13.8. The number of anilines is 1. The fourth-order valence-corrected chi connectivity index (χ4v) is 4.04. The summed E-state index contributed by atoms with van der Waals surface area (Å²) in [5.41, 5.74) is 2.40. The topological polar surface area (TPSA) is 24.9 Å². The second-order valence-corrected chi connectivity index (χ2v) is 7.63. The molecule has 0 fully saturated rings. The molecule has 2 nitrogen and oxygen atoms in total. The van der Waals surface area contributed by atoms with Crippen molar-refractivity contribution >= 4 is 43.7 Å². The Labute approximate surface area is 134 Å². The van der Waals surface area contributed by atoms with Gasteiger partial charge in [-0.3, -0.25) is 0 Å². The average Bonchev–Trinajstić information content (AvgIpc) is 3.09. The van der Waals surface area contributed by atoms with E-state index in [0.29, 0.717) is 0 Å². The molecule has 0 aliphatic carbocycles. The minimum absolute atomic E-state index is 0.908. The summed E-state index contributed by atoms with van der Waals surface area (Å²) >= 11 is 6.85. The fourth-order valence-electron chi connectivity index (χ4n) is 1.88. The lowest BCUT2D eigenvalue weighted by Crippen LogP contribution is -2.04. The largest absolute Gasteiger partial charge is 0.361 e. The number of thiophene rings is 1. The van der Waals surface area contributed by atoms with Crippen LogP contribution < -0.4 is 5.32 Å². The molecule has 3 rings (SSSR count). The van der Waals surface area contributed by atoms with Gasteiger partial charge in [0.25, 0.3) is 0 Å². The fraction of sp³-hybridized carbons (Fsp3) is 0.133. The Morgan fingerprint density at radius 1 is 1.10 bits per heavy atom. The summed E-state index contributed by atoms with van der Waals surface area (Å²) in [6.45, 7) is 0.908. The standard InChI is InChI=1S/C15H13BrN2S2/c16-14-7-6-13(20-14)12-10-19-15(18-12)17-9-8-11-4-2-1-3-5-11/h1-7,10H,8-9H2,(H,17,18). The highest BCUT2D eigenvalue weighted by atomic mass is 79.9. The smallest absolute Gasteiger partial charge is 0.183 e. The lowest BCUT2D eigenvalue weighted by atomic mass is 10.2. The summed E-state index contributed by atoms with van der Waals surface area (Å²) in [6.07, 6.45) is 1.01. The molecule has 0 aliphatic rings. The SMILES string of the molecule is Brc1ccc(-c2csc(NCCc3ccccc3)n2)s1. The summed E-state index contributed by atoms with van der Waals surface area (Å²) in [5, 5.41) is 6.48. The van der Waals surface area contributed by atoms with Crippen molar-refractivity contribution in [2.75, 3.05) is 11.9 Å². The molecular weight excluding hydrogens is 352 g/mol. The molecule has 0 unspecified atom stereocenters. The average molecular weight is 365 g/mol. The molecule has 0 spiro atoms. The van der Waals surface area contributed by atoms with Gasteiger partial charge in [0.15, 0.2) is 5.13 Å². The van der Waals surface area contributed by atoms with Crippen LogP contribution in [0, 0.1) is 0 Å². The maximum Gasteiger partial charge on any atom is 0.183 e. The Kier molecular flexibility index (Phi) is 4.50. The lowest BCUT2D eigenvalue weighted by Gasteiger charge is -2.02. The van der Waals surface area contributed by atoms with E-state index in [0.717, 1.165) is 27.6 Å². The number of hydrogen-bond donors (Lipinski definition) is 1. The molecule has 2 heterocycles. The van der Waals surface area contributed by atoms with E-state index in [9.17, 15) is 0 Å². The Balaban J connectivity index is 1.58. The molecule has 2 aromatic heterocycles. The molecule has 102 valence electrons. The van der Waals surface area contributed by atoms with E-state index in [4.69, 9.17) is 0 Å². The minimum Gasteiger partial charge on any atom is -0.361 e. The van der Waals surface area contributed by atoms with Crippen molar-refractivity contribution in [2.24, 2.45) is 0 Å². The third kappa shape index (κ3) is 3.48. The molecule has 0 amide bonds. The van der Waals surface area contributed by atoms with Gasteiger partial charge in [-0.05, 0) is 40.0 Å². The maximum atomic E-state index is 4.62. The van der Waals surface area contributed by atoms with Gasteiger partial charge < -0.3 is 5.32 Å².